The normalized spacial score (nSPS) is 16.7. The molecule has 0 radical (unpaired) electrons. The van der Waals surface area contributed by atoms with E-state index in [-0.39, 0.29) is 29.6 Å². The summed E-state index contributed by atoms with van der Waals surface area (Å²) in [5, 5.41) is 6.47. The Labute approximate surface area is 169 Å². The summed E-state index contributed by atoms with van der Waals surface area (Å²) in [6, 6.07) is 7.37. The molecule has 1 aliphatic heterocycles. The first-order valence-electron chi connectivity index (χ1n) is 9.37. The highest BCUT2D eigenvalue weighted by Gasteiger charge is 2.36. The van der Waals surface area contributed by atoms with Gasteiger partial charge in [-0.1, -0.05) is 0 Å². The number of alkyl halides is 3. The molecule has 1 aromatic carbocycles. The van der Waals surface area contributed by atoms with E-state index in [2.05, 4.69) is 15.4 Å². The molecule has 3 heterocycles. The van der Waals surface area contributed by atoms with Crippen molar-refractivity contribution in [1.29, 1.82) is 0 Å². The Bertz CT molecular complexity index is 1060. The monoisotopic (exact) mass is 420 g/mol. The van der Waals surface area contributed by atoms with Crippen molar-refractivity contribution in [2.24, 2.45) is 0 Å². The lowest BCUT2D eigenvalue weighted by Crippen LogP contribution is -2.31. The van der Waals surface area contributed by atoms with E-state index >= 15 is 0 Å². The lowest BCUT2D eigenvalue weighted by atomic mass is 10.1. The number of benzene rings is 1. The number of nitrogens with one attached hydrogen (secondary N) is 1. The molecule has 0 unspecified atom stereocenters. The van der Waals surface area contributed by atoms with Gasteiger partial charge in [-0.05, 0) is 43.2 Å². The number of fused-ring (bicyclic) bond motifs is 1. The van der Waals surface area contributed by atoms with Crippen LogP contribution in [0, 0.1) is 0 Å². The maximum absolute atomic E-state index is 13.7. The standard InChI is InChI=1S/C20H19F3N4O3/c1-29-13-6-4-12(5-7-13)16-9-17(20(21,22)23)27-18(26-16)15(11-25-27)19(28)24-10-14-3-2-8-30-14/h4-7,9,11,14H,2-3,8,10H2,1H3,(H,24,28)/t14-/m1/s1. The zero-order chi connectivity index (χ0) is 21.3. The van der Waals surface area contributed by atoms with Gasteiger partial charge in [-0.2, -0.15) is 18.3 Å². The molecule has 0 saturated carbocycles. The van der Waals surface area contributed by atoms with Crippen molar-refractivity contribution < 1.29 is 27.4 Å². The van der Waals surface area contributed by atoms with Crippen LogP contribution in [0.5, 0.6) is 5.75 Å². The summed E-state index contributed by atoms with van der Waals surface area (Å²) in [4.78, 5) is 16.9. The molecular formula is C20H19F3N4O3. The van der Waals surface area contributed by atoms with Gasteiger partial charge in [0.15, 0.2) is 11.3 Å². The molecule has 1 saturated heterocycles. The smallest absolute Gasteiger partial charge is 0.433 e. The van der Waals surface area contributed by atoms with Crippen LogP contribution in [0.4, 0.5) is 13.2 Å². The Balaban J connectivity index is 1.74. The van der Waals surface area contributed by atoms with E-state index in [1.54, 1.807) is 24.3 Å². The van der Waals surface area contributed by atoms with E-state index in [4.69, 9.17) is 9.47 Å². The highest BCUT2D eigenvalue weighted by Crippen LogP contribution is 2.33. The van der Waals surface area contributed by atoms with Crippen LogP contribution < -0.4 is 10.1 Å². The first-order valence-corrected chi connectivity index (χ1v) is 9.37. The van der Waals surface area contributed by atoms with E-state index in [0.29, 0.717) is 22.4 Å². The van der Waals surface area contributed by atoms with Crippen molar-refractivity contribution in [2.75, 3.05) is 20.3 Å². The zero-order valence-corrected chi connectivity index (χ0v) is 16.1. The number of methoxy groups -OCH3 is 1. The average molecular weight is 420 g/mol. The largest absolute Gasteiger partial charge is 0.497 e. The second kappa shape index (κ2) is 7.94. The van der Waals surface area contributed by atoms with Crippen LogP contribution in [-0.2, 0) is 10.9 Å². The van der Waals surface area contributed by atoms with Crippen molar-refractivity contribution in [3.05, 3.63) is 47.8 Å². The van der Waals surface area contributed by atoms with Crippen molar-refractivity contribution in [3.8, 4) is 17.0 Å². The highest BCUT2D eigenvalue weighted by atomic mass is 19.4. The number of hydrogen-bond donors (Lipinski definition) is 1. The van der Waals surface area contributed by atoms with Crippen LogP contribution in [-0.4, -0.2) is 46.9 Å². The molecule has 0 spiro atoms. The minimum Gasteiger partial charge on any atom is -0.497 e. The number of hydrogen-bond acceptors (Lipinski definition) is 5. The Morgan fingerprint density at radius 3 is 2.73 bits per heavy atom. The number of carbonyl (C=O) groups excluding carboxylic acids is 1. The van der Waals surface area contributed by atoms with Crippen LogP contribution in [0.1, 0.15) is 28.9 Å². The summed E-state index contributed by atoms with van der Waals surface area (Å²) in [5.74, 6) is 0.0161. The van der Waals surface area contributed by atoms with Gasteiger partial charge in [-0.3, -0.25) is 4.79 Å². The van der Waals surface area contributed by atoms with Gasteiger partial charge in [0.25, 0.3) is 5.91 Å². The fraction of sp³-hybridized carbons (Fsp3) is 0.350. The summed E-state index contributed by atoms with van der Waals surface area (Å²) in [6.45, 7) is 0.916. The quantitative estimate of drug-likeness (QED) is 0.685. The second-order valence-corrected chi connectivity index (χ2v) is 6.89. The van der Waals surface area contributed by atoms with Crippen LogP contribution >= 0.6 is 0 Å². The fourth-order valence-corrected chi connectivity index (χ4v) is 3.34. The summed E-state index contributed by atoms with van der Waals surface area (Å²) in [5.41, 5.74) is -0.687. The second-order valence-electron chi connectivity index (χ2n) is 6.89. The third kappa shape index (κ3) is 3.95. The Morgan fingerprint density at radius 1 is 1.33 bits per heavy atom. The van der Waals surface area contributed by atoms with E-state index < -0.39 is 17.8 Å². The number of aromatic nitrogens is 3. The van der Waals surface area contributed by atoms with E-state index in [0.717, 1.165) is 25.1 Å². The van der Waals surface area contributed by atoms with Gasteiger partial charge >= 0.3 is 6.18 Å². The van der Waals surface area contributed by atoms with Gasteiger partial charge in [0.1, 0.15) is 11.3 Å². The van der Waals surface area contributed by atoms with Gasteiger partial charge < -0.3 is 14.8 Å². The van der Waals surface area contributed by atoms with Gasteiger partial charge in [0, 0.05) is 18.7 Å². The van der Waals surface area contributed by atoms with Crippen molar-refractivity contribution in [2.45, 2.75) is 25.1 Å². The molecule has 0 aliphatic carbocycles. The van der Waals surface area contributed by atoms with E-state index in [1.165, 1.54) is 7.11 Å². The summed E-state index contributed by atoms with van der Waals surface area (Å²) in [6.07, 6.45) is -1.93. The predicted molar refractivity (Wildman–Crippen MR) is 101 cm³/mol. The third-order valence-electron chi connectivity index (χ3n) is 4.91. The van der Waals surface area contributed by atoms with Crippen LogP contribution in [0.2, 0.25) is 0 Å². The van der Waals surface area contributed by atoms with Gasteiger partial charge in [0.2, 0.25) is 0 Å². The number of nitrogens with zero attached hydrogens (tertiary/aromatic N) is 3. The Kier molecular flexibility index (Phi) is 5.33. The molecule has 30 heavy (non-hydrogen) atoms. The van der Waals surface area contributed by atoms with Crippen molar-refractivity contribution >= 4 is 11.6 Å². The van der Waals surface area contributed by atoms with Gasteiger partial charge in [-0.15, -0.1) is 0 Å². The lowest BCUT2D eigenvalue weighted by molar-refractivity contribution is -0.142. The first kappa shape index (κ1) is 20.1. The van der Waals surface area contributed by atoms with Crippen molar-refractivity contribution in [1.82, 2.24) is 19.9 Å². The van der Waals surface area contributed by atoms with Crippen LogP contribution in [0.3, 0.4) is 0 Å². The number of rotatable bonds is 5. The molecule has 7 nitrogen and oxygen atoms in total. The van der Waals surface area contributed by atoms with Crippen LogP contribution in [0.15, 0.2) is 36.5 Å². The number of halogens is 3. The molecular weight excluding hydrogens is 401 g/mol. The molecule has 0 bridgehead atoms. The Morgan fingerprint density at radius 2 is 2.10 bits per heavy atom. The number of amides is 1. The number of ether oxygens (including phenoxy) is 2. The molecule has 1 fully saturated rings. The van der Waals surface area contributed by atoms with E-state index in [9.17, 15) is 18.0 Å². The third-order valence-corrected chi connectivity index (χ3v) is 4.91. The van der Waals surface area contributed by atoms with E-state index in [1.807, 2.05) is 0 Å². The summed E-state index contributed by atoms with van der Waals surface area (Å²) < 4.78 is 52.2. The zero-order valence-electron chi connectivity index (χ0n) is 16.1. The molecule has 1 aliphatic rings. The molecule has 4 rings (SSSR count). The maximum atomic E-state index is 13.7. The van der Waals surface area contributed by atoms with Crippen molar-refractivity contribution in [3.63, 3.8) is 0 Å². The maximum Gasteiger partial charge on any atom is 0.433 e. The minimum atomic E-state index is -4.68. The predicted octanol–water partition coefficient (Wildman–Crippen LogP) is 3.33. The van der Waals surface area contributed by atoms with Gasteiger partial charge in [-0.25, -0.2) is 9.50 Å². The Hall–Kier alpha value is -3.14. The SMILES string of the molecule is COc1ccc(-c2cc(C(F)(F)F)n3ncc(C(=O)NC[C@H]4CCCO4)c3n2)cc1. The highest BCUT2D eigenvalue weighted by molar-refractivity contribution is 5.99. The molecule has 2 aromatic heterocycles. The van der Waals surface area contributed by atoms with Crippen LogP contribution in [0.25, 0.3) is 16.9 Å². The molecule has 1 N–H and O–H groups in total. The minimum absolute atomic E-state index is 0.0335. The molecule has 1 atom stereocenters. The number of carbonyl (C=O) groups is 1. The molecule has 3 aromatic rings. The molecule has 158 valence electrons. The average Bonchev–Trinajstić information content (AvgIpc) is 3.40. The first-order chi connectivity index (χ1) is 14.4. The summed E-state index contributed by atoms with van der Waals surface area (Å²) >= 11 is 0. The molecule has 1 amide bonds. The fourth-order valence-electron chi connectivity index (χ4n) is 3.34. The van der Waals surface area contributed by atoms with Gasteiger partial charge in [0.05, 0.1) is 25.1 Å². The topological polar surface area (TPSA) is 77.8 Å². The summed E-state index contributed by atoms with van der Waals surface area (Å²) in [7, 11) is 1.49. The molecule has 10 heteroatoms. The lowest BCUT2D eigenvalue weighted by Gasteiger charge is -2.12.